The molecule has 1 N–H and O–H groups in total. The van der Waals surface area contributed by atoms with E-state index < -0.39 is 0 Å². The predicted octanol–water partition coefficient (Wildman–Crippen LogP) is 11.9. The lowest BCUT2D eigenvalue weighted by Crippen LogP contribution is -1.95. The number of benzene rings is 7. The highest BCUT2D eigenvalue weighted by Gasteiger charge is 2.16. The number of hydrogen-bond donors (Lipinski definition) is 1. The Morgan fingerprint density at radius 2 is 1.04 bits per heavy atom. The van der Waals surface area contributed by atoms with Crippen LogP contribution >= 0.6 is 0 Å². The summed E-state index contributed by atoms with van der Waals surface area (Å²) >= 11 is 0. The van der Waals surface area contributed by atoms with Gasteiger partial charge in [0.1, 0.15) is 11.2 Å². The van der Waals surface area contributed by atoms with Crippen LogP contribution in [0.2, 0.25) is 0 Å². The minimum absolute atomic E-state index is 0.438. The third-order valence-corrected chi connectivity index (χ3v) is 8.67. The fourth-order valence-corrected chi connectivity index (χ4v) is 6.50. The first-order chi connectivity index (χ1) is 22.2. The first-order valence-electron chi connectivity index (χ1n) is 15.1. The molecule has 0 saturated carbocycles. The second-order valence-corrected chi connectivity index (χ2v) is 11.4. The Kier molecular flexibility index (Phi) is 6.47. The quantitative estimate of drug-likeness (QED) is 0.119. The van der Waals surface area contributed by atoms with Gasteiger partial charge in [-0.1, -0.05) is 140 Å². The molecule has 0 saturated heterocycles. The van der Waals surface area contributed by atoms with Gasteiger partial charge in [0, 0.05) is 10.8 Å². The minimum Gasteiger partial charge on any atom is -0.456 e. The molecule has 7 aromatic carbocycles. The zero-order valence-corrected chi connectivity index (χ0v) is 24.6. The first kappa shape index (κ1) is 26.6. The third-order valence-electron chi connectivity index (χ3n) is 8.67. The third kappa shape index (κ3) is 4.64. The maximum atomic E-state index is 8.87. The molecule has 2 nitrogen and oxygen atoms in total. The van der Waals surface area contributed by atoms with Gasteiger partial charge in [0.2, 0.25) is 0 Å². The topological polar surface area (TPSA) is 37.0 Å². The van der Waals surface area contributed by atoms with Crippen molar-refractivity contribution in [3.05, 3.63) is 175 Å². The fourth-order valence-electron chi connectivity index (χ4n) is 6.50. The van der Waals surface area contributed by atoms with Gasteiger partial charge in [0.15, 0.2) is 0 Å². The van der Waals surface area contributed by atoms with E-state index in [-0.39, 0.29) is 0 Å². The summed E-state index contributed by atoms with van der Waals surface area (Å²) in [4.78, 5) is 0. The van der Waals surface area contributed by atoms with Crippen molar-refractivity contribution in [2.24, 2.45) is 0 Å². The van der Waals surface area contributed by atoms with Crippen LogP contribution in [0.25, 0.3) is 71.3 Å². The van der Waals surface area contributed by atoms with Crippen LogP contribution in [0.3, 0.4) is 0 Å². The van der Waals surface area contributed by atoms with Crippen molar-refractivity contribution >= 4 is 54.8 Å². The smallest absolute Gasteiger partial charge is 0.135 e. The zero-order valence-electron chi connectivity index (χ0n) is 24.6. The Hall–Kier alpha value is -5.99. The van der Waals surface area contributed by atoms with E-state index >= 15 is 0 Å². The van der Waals surface area contributed by atoms with E-state index in [1.54, 1.807) is 0 Å². The van der Waals surface area contributed by atoms with E-state index in [9.17, 15) is 0 Å². The highest BCUT2D eigenvalue weighted by atomic mass is 16.3. The SMILES string of the molecule is C=C(/C=C\C(=N)c1ccc(-c2ccc3oc4ccccc4c3c2)cc1)c1c2ccccc2c(-c2ccccc2)c2ccccc12. The van der Waals surface area contributed by atoms with E-state index in [0.717, 1.165) is 60.5 Å². The van der Waals surface area contributed by atoms with Crippen LogP contribution in [0, 0.1) is 5.41 Å². The summed E-state index contributed by atoms with van der Waals surface area (Å²) in [5.74, 6) is 0. The lowest BCUT2D eigenvalue weighted by molar-refractivity contribution is 0.669. The van der Waals surface area contributed by atoms with Gasteiger partial charge >= 0.3 is 0 Å². The normalized spacial score (nSPS) is 11.6. The molecule has 0 fully saturated rings. The molecule has 1 heterocycles. The number of nitrogens with one attached hydrogen (secondary N) is 1. The summed E-state index contributed by atoms with van der Waals surface area (Å²) in [7, 11) is 0. The molecule has 8 aromatic rings. The van der Waals surface area contributed by atoms with E-state index in [0.29, 0.717) is 5.71 Å². The molecule has 45 heavy (non-hydrogen) atoms. The summed E-state index contributed by atoms with van der Waals surface area (Å²) in [6.45, 7) is 4.50. The van der Waals surface area contributed by atoms with Crippen LogP contribution < -0.4 is 0 Å². The van der Waals surface area contributed by atoms with Crippen molar-refractivity contribution in [1.29, 1.82) is 5.41 Å². The van der Waals surface area contributed by atoms with Gasteiger partial charge in [-0.15, -0.1) is 0 Å². The maximum absolute atomic E-state index is 8.87. The van der Waals surface area contributed by atoms with Gasteiger partial charge in [-0.05, 0) is 84.8 Å². The second-order valence-electron chi connectivity index (χ2n) is 11.4. The first-order valence-corrected chi connectivity index (χ1v) is 15.1. The molecule has 0 bridgehead atoms. The van der Waals surface area contributed by atoms with Gasteiger partial charge < -0.3 is 9.83 Å². The van der Waals surface area contributed by atoms with Crippen LogP contribution in [0.1, 0.15) is 11.1 Å². The number of hydrogen-bond acceptors (Lipinski definition) is 2. The summed E-state index contributed by atoms with van der Waals surface area (Å²) in [6, 6.07) is 50.3. The Morgan fingerprint density at radius 1 is 0.489 bits per heavy atom. The van der Waals surface area contributed by atoms with Crippen molar-refractivity contribution in [2.45, 2.75) is 0 Å². The van der Waals surface area contributed by atoms with Crippen LogP contribution in [-0.2, 0) is 0 Å². The monoisotopic (exact) mass is 575 g/mol. The Morgan fingerprint density at radius 3 is 1.73 bits per heavy atom. The van der Waals surface area contributed by atoms with Crippen LogP contribution in [0.4, 0.5) is 0 Å². The van der Waals surface area contributed by atoms with E-state index in [1.807, 2.05) is 48.6 Å². The van der Waals surface area contributed by atoms with Crippen LogP contribution in [0.5, 0.6) is 0 Å². The Labute approximate surface area is 261 Å². The van der Waals surface area contributed by atoms with Gasteiger partial charge in [-0.3, -0.25) is 0 Å². The molecular weight excluding hydrogens is 546 g/mol. The summed E-state index contributed by atoms with van der Waals surface area (Å²) in [5.41, 5.74) is 9.70. The second kappa shape index (κ2) is 10.9. The molecule has 0 aliphatic heterocycles. The average molecular weight is 576 g/mol. The Bertz CT molecular complexity index is 2390. The highest BCUT2D eigenvalue weighted by Crippen LogP contribution is 2.41. The number of rotatable bonds is 6. The summed E-state index contributed by atoms with van der Waals surface area (Å²) < 4.78 is 6.00. The Balaban J connectivity index is 1.11. The largest absolute Gasteiger partial charge is 0.456 e. The molecule has 0 radical (unpaired) electrons. The lowest BCUT2D eigenvalue weighted by Gasteiger charge is -2.17. The molecular formula is C43H29NO. The van der Waals surface area contributed by atoms with Gasteiger partial charge in [0.05, 0.1) is 5.71 Å². The highest BCUT2D eigenvalue weighted by molar-refractivity contribution is 6.20. The van der Waals surface area contributed by atoms with Gasteiger partial charge in [-0.25, -0.2) is 0 Å². The molecule has 0 amide bonds. The molecule has 0 atom stereocenters. The molecule has 8 rings (SSSR count). The summed E-state index contributed by atoms with van der Waals surface area (Å²) in [5, 5.41) is 15.8. The zero-order chi connectivity index (χ0) is 30.3. The maximum Gasteiger partial charge on any atom is 0.135 e. The van der Waals surface area contributed by atoms with Crippen LogP contribution in [0.15, 0.2) is 169 Å². The van der Waals surface area contributed by atoms with E-state index in [1.165, 1.54) is 21.9 Å². The van der Waals surface area contributed by atoms with Crippen molar-refractivity contribution in [3.8, 4) is 22.3 Å². The van der Waals surface area contributed by atoms with Gasteiger partial charge in [-0.2, -0.15) is 0 Å². The number of furan rings is 1. The fraction of sp³-hybridized carbons (Fsp3) is 0. The van der Waals surface area contributed by atoms with Gasteiger partial charge in [0.25, 0.3) is 0 Å². The predicted molar refractivity (Wildman–Crippen MR) is 191 cm³/mol. The number of allylic oxidation sites excluding steroid dienone is 3. The average Bonchev–Trinajstić information content (AvgIpc) is 3.48. The standard InChI is InChI=1S/C43H29NO/c1-28(42-34-14-5-7-16-36(34)43(31-11-3-2-4-12-31)37-17-8-6-15-35(37)42)19-25-39(44)30-22-20-29(21-23-30)32-24-26-41-38(27-32)33-13-9-10-18-40(33)45-41/h2-27,44H,1H2/b25-19-,44-39?. The van der Waals surface area contributed by atoms with Crippen molar-refractivity contribution < 1.29 is 4.42 Å². The number of para-hydroxylation sites is 1. The summed E-state index contributed by atoms with van der Waals surface area (Å²) in [6.07, 6.45) is 3.83. The molecule has 0 aliphatic carbocycles. The van der Waals surface area contributed by atoms with Crippen LogP contribution in [-0.4, -0.2) is 5.71 Å². The van der Waals surface area contributed by atoms with Crippen molar-refractivity contribution in [3.63, 3.8) is 0 Å². The minimum atomic E-state index is 0.438. The molecule has 2 heteroatoms. The number of fused-ring (bicyclic) bond motifs is 5. The molecule has 0 spiro atoms. The molecule has 212 valence electrons. The lowest BCUT2D eigenvalue weighted by atomic mass is 9.86. The molecule has 0 unspecified atom stereocenters. The van der Waals surface area contributed by atoms with E-state index in [4.69, 9.17) is 9.83 Å². The van der Waals surface area contributed by atoms with Crippen molar-refractivity contribution in [2.75, 3.05) is 0 Å². The van der Waals surface area contributed by atoms with Crippen molar-refractivity contribution in [1.82, 2.24) is 0 Å². The molecule has 1 aromatic heterocycles. The molecule has 0 aliphatic rings. The van der Waals surface area contributed by atoms with E-state index in [2.05, 4.69) is 116 Å².